The van der Waals surface area contributed by atoms with Crippen molar-refractivity contribution in [2.45, 2.75) is 27.3 Å². The molecule has 0 N–H and O–H groups in total. The van der Waals surface area contributed by atoms with E-state index in [0.717, 1.165) is 27.9 Å². The van der Waals surface area contributed by atoms with Crippen LogP contribution in [-0.4, -0.2) is 23.7 Å². The molecule has 7 heteroatoms. The van der Waals surface area contributed by atoms with Crippen LogP contribution in [0.1, 0.15) is 22.5 Å². The summed E-state index contributed by atoms with van der Waals surface area (Å²) < 4.78 is 4.92. The first-order valence-electron chi connectivity index (χ1n) is 10.1. The molecule has 0 atom stereocenters. The second kappa shape index (κ2) is 7.05. The highest BCUT2D eigenvalue weighted by molar-refractivity contribution is 5.83. The van der Waals surface area contributed by atoms with Gasteiger partial charge in [-0.2, -0.15) is 5.10 Å². The van der Waals surface area contributed by atoms with Gasteiger partial charge in [-0.3, -0.25) is 18.6 Å². The molecule has 0 spiro atoms. The molecule has 4 aromatic heterocycles. The molecular formula is C24H21N5O2. The number of rotatable bonds is 3. The van der Waals surface area contributed by atoms with E-state index < -0.39 is 0 Å². The number of nitrogens with zero attached hydrogens (tertiary/aromatic N) is 5. The molecule has 0 radical (unpaired) electrons. The molecule has 5 rings (SSSR count). The van der Waals surface area contributed by atoms with Gasteiger partial charge in [-0.15, -0.1) is 0 Å². The van der Waals surface area contributed by atoms with E-state index >= 15 is 0 Å². The predicted molar refractivity (Wildman–Crippen MR) is 120 cm³/mol. The lowest BCUT2D eigenvalue weighted by Crippen LogP contribution is -2.24. The molecule has 4 heterocycles. The van der Waals surface area contributed by atoms with Crippen molar-refractivity contribution in [1.29, 1.82) is 0 Å². The highest BCUT2D eigenvalue weighted by atomic mass is 16.1. The van der Waals surface area contributed by atoms with Crippen LogP contribution in [-0.2, 0) is 6.54 Å². The first-order chi connectivity index (χ1) is 14.9. The quantitative estimate of drug-likeness (QED) is 0.457. The van der Waals surface area contributed by atoms with Crippen molar-refractivity contribution in [2.24, 2.45) is 0 Å². The summed E-state index contributed by atoms with van der Waals surface area (Å²) >= 11 is 0. The molecule has 0 bridgehead atoms. The minimum absolute atomic E-state index is 0.159. The van der Waals surface area contributed by atoms with Crippen molar-refractivity contribution in [2.75, 3.05) is 0 Å². The SMILES string of the molecule is Cc1ccc(-n2nc(C)c3c(C)cc(=O)n(Cc4cc(=O)n5ccccc5n4)c32)cc1. The fourth-order valence-electron chi connectivity index (χ4n) is 4.03. The van der Waals surface area contributed by atoms with Gasteiger partial charge in [-0.05, 0) is 50.6 Å². The molecule has 5 aromatic rings. The molecule has 0 aliphatic carbocycles. The number of hydrogen-bond acceptors (Lipinski definition) is 4. The Labute approximate surface area is 177 Å². The lowest BCUT2D eigenvalue weighted by atomic mass is 10.1. The topological polar surface area (TPSA) is 74.2 Å². The molecule has 31 heavy (non-hydrogen) atoms. The van der Waals surface area contributed by atoms with E-state index in [4.69, 9.17) is 5.10 Å². The third-order valence-electron chi connectivity index (χ3n) is 5.51. The highest BCUT2D eigenvalue weighted by Gasteiger charge is 2.18. The van der Waals surface area contributed by atoms with Crippen LogP contribution >= 0.6 is 0 Å². The van der Waals surface area contributed by atoms with Crippen LogP contribution in [0.4, 0.5) is 0 Å². The van der Waals surface area contributed by atoms with Gasteiger partial charge in [0.05, 0.1) is 23.6 Å². The van der Waals surface area contributed by atoms with Gasteiger partial charge in [0.15, 0.2) is 0 Å². The van der Waals surface area contributed by atoms with E-state index in [0.29, 0.717) is 17.0 Å². The van der Waals surface area contributed by atoms with Crippen molar-refractivity contribution in [3.05, 3.63) is 104 Å². The Bertz CT molecular complexity index is 1570. The van der Waals surface area contributed by atoms with Crippen molar-refractivity contribution >= 4 is 16.7 Å². The number of aromatic nitrogens is 5. The predicted octanol–water partition coefficient (Wildman–Crippen LogP) is 3.17. The molecule has 1 aromatic carbocycles. The van der Waals surface area contributed by atoms with Crippen LogP contribution in [0.3, 0.4) is 0 Å². The fourth-order valence-corrected chi connectivity index (χ4v) is 4.03. The van der Waals surface area contributed by atoms with Gasteiger partial charge in [0.1, 0.15) is 11.3 Å². The molecule has 154 valence electrons. The maximum absolute atomic E-state index is 13.1. The molecular weight excluding hydrogens is 390 g/mol. The first-order valence-corrected chi connectivity index (χ1v) is 10.1. The molecule has 0 saturated carbocycles. The summed E-state index contributed by atoms with van der Waals surface area (Å²) in [6.45, 7) is 6.06. The van der Waals surface area contributed by atoms with Gasteiger partial charge in [0.25, 0.3) is 11.1 Å². The second-order valence-electron chi connectivity index (χ2n) is 7.80. The molecule has 7 nitrogen and oxygen atoms in total. The van der Waals surface area contributed by atoms with Crippen LogP contribution in [0.2, 0.25) is 0 Å². The minimum atomic E-state index is -0.180. The summed E-state index contributed by atoms with van der Waals surface area (Å²) in [5.41, 5.74) is 5.16. The minimum Gasteiger partial charge on any atom is -0.286 e. The van der Waals surface area contributed by atoms with Crippen molar-refractivity contribution in [1.82, 2.24) is 23.7 Å². The van der Waals surface area contributed by atoms with Crippen LogP contribution in [0, 0.1) is 20.8 Å². The first kappa shape index (κ1) is 19.0. The summed E-state index contributed by atoms with van der Waals surface area (Å²) in [6, 6.07) is 16.5. The van der Waals surface area contributed by atoms with Crippen LogP contribution in [0.25, 0.3) is 22.4 Å². The number of fused-ring (bicyclic) bond motifs is 2. The van der Waals surface area contributed by atoms with Crippen LogP contribution in [0.5, 0.6) is 0 Å². The third-order valence-corrected chi connectivity index (χ3v) is 5.51. The standard InChI is InChI=1S/C24H21N5O2/c1-15-7-9-19(10-8-15)29-24-23(17(3)26-29)16(2)12-21(30)28(24)14-18-13-22(31)27-11-5-4-6-20(27)25-18/h4-13H,14H2,1-3H3. The van der Waals surface area contributed by atoms with Gasteiger partial charge in [-0.25, -0.2) is 9.67 Å². The van der Waals surface area contributed by atoms with Crippen molar-refractivity contribution in [3.8, 4) is 5.69 Å². The van der Waals surface area contributed by atoms with Gasteiger partial charge < -0.3 is 0 Å². The molecule has 0 unspecified atom stereocenters. The van der Waals surface area contributed by atoms with E-state index in [1.165, 1.54) is 10.5 Å². The van der Waals surface area contributed by atoms with Gasteiger partial charge in [0.2, 0.25) is 0 Å². The maximum Gasteiger partial charge on any atom is 0.258 e. The van der Waals surface area contributed by atoms with Crippen molar-refractivity contribution < 1.29 is 0 Å². The molecule has 0 aliphatic heterocycles. The fraction of sp³-hybridized carbons (Fsp3) is 0.167. The Morgan fingerprint density at radius 3 is 2.45 bits per heavy atom. The normalized spacial score (nSPS) is 11.5. The molecule has 0 saturated heterocycles. The molecule has 0 aliphatic rings. The van der Waals surface area contributed by atoms with E-state index in [1.54, 1.807) is 33.6 Å². The summed E-state index contributed by atoms with van der Waals surface area (Å²) in [5, 5.41) is 5.66. The lowest BCUT2D eigenvalue weighted by molar-refractivity contribution is 0.732. The highest BCUT2D eigenvalue weighted by Crippen LogP contribution is 2.24. The van der Waals surface area contributed by atoms with E-state index in [1.807, 2.05) is 51.1 Å². The molecule has 0 fully saturated rings. The van der Waals surface area contributed by atoms with Crippen LogP contribution in [0.15, 0.2) is 70.4 Å². The van der Waals surface area contributed by atoms with E-state index in [-0.39, 0.29) is 17.7 Å². The Hall–Kier alpha value is -4.00. The zero-order valence-corrected chi connectivity index (χ0v) is 17.5. The Morgan fingerprint density at radius 1 is 0.903 bits per heavy atom. The maximum atomic E-state index is 13.1. The number of benzene rings is 1. The Balaban J connectivity index is 1.76. The average molecular weight is 411 g/mol. The summed E-state index contributed by atoms with van der Waals surface area (Å²) in [7, 11) is 0. The summed E-state index contributed by atoms with van der Waals surface area (Å²) in [5.74, 6) is 0. The molecule has 0 amide bonds. The smallest absolute Gasteiger partial charge is 0.258 e. The monoisotopic (exact) mass is 411 g/mol. The van der Waals surface area contributed by atoms with Gasteiger partial charge >= 0.3 is 0 Å². The van der Waals surface area contributed by atoms with Gasteiger partial charge in [0, 0.05) is 23.7 Å². The zero-order valence-electron chi connectivity index (χ0n) is 17.5. The van der Waals surface area contributed by atoms with Crippen molar-refractivity contribution in [3.63, 3.8) is 0 Å². The Kier molecular flexibility index (Phi) is 4.32. The zero-order chi connectivity index (χ0) is 21.7. The number of pyridine rings is 2. The Morgan fingerprint density at radius 2 is 1.68 bits per heavy atom. The van der Waals surface area contributed by atoms with Crippen LogP contribution < -0.4 is 11.1 Å². The summed E-state index contributed by atoms with van der Waals surface area (Å²) in [4.78, 5) is 30.2. The lowest BCUT2D eigenvalue weighted by Gasteiger charge is -2.12. The average Bonchev–Trinajstić information content (AvgIpc) is 3.09. The van der Waals surface area contributed by atoms with E-state index in [2.05, 4.69) is 4.98 Å². The van der Waals surface area contributed by atoms with E-state index in [9.17, 15) is 9.59 Å². The second-order valence-corrected chi connectivity index (χ2v) is 7.80. The number of aryl methyl sites for hydroxylation is 3. The number of hydrogen-bond donors (Lipinski definition) is 0. The third kappa shape index (κ3) is 3.15. The largest absolute Gasteiger partial charge is 0.286 e. The van der Waals surface area contributed by atoms with Gasteiger partial charge in [-0.1, -0.05) is 23.8 Å². The summed E-state index contributed by atoms with van der Waals surface area (Å²) in [6.07, 6.45) is 1.68.